The molecule has 0 spiro atoms. The Labute approximate surface area is 179 Å². The molecule has 1 aliphatic carbocycles. The van der Waals surface area contributed by atoms with Crippen molar-refractivity contribution in [3.8, 4) is 0 Å². The van der Waals surface area contributed by atoms with Gasteiger partial charge in [-0.05, 0) is 49.3 Å². The van der Waals surface area contributed by atoms with Crippen molar-refractivity contribution in [2.45, 2.75) is 57.2 Å². The number of carbonyl (C=O) groups excluding carboxylic acids is 2. The highest BCUT2D eigenvalue weighted by Gasteiger charge is 2.46. The lowest BCUT2D eigenvalue weighted by atomic mass is 9.84. The van der Waals surface area contributed by atoms with E-state index >= 15 is 0 Å². The first-order valence-corrected chi connectivity index (χ1v) is 11.0. The van der Waals surface area contributed by atoms with Crippen LogP contribution in [0.1, 0.15) is 56.2 Å². The summed E-state index contributed by atoms with van der Waals surface area (Å²) in [7, 11) is 0. The number of rotatable bonds is 5. The standard InChI is InChI=1S/C26H30N2O2/c1-19(21-12-6-3-7-13-21)27-26(30)24-18-22-14-8-9-15-23(22)28(24)25(29)17-16-20-10-4-2-5-11-20/h2-7,10-13,16-17,19,22-24H,8-9,14-15,18H2,1H3,(H,27,30). The Morgan fingerprint density at radius 1 is 1.00 bits per heavy atom. The second-order valence-corrected chi connectivity index (χ2v) is 8.49. The maximum absolute atomic E-state index is 13.2. The van der Waals surface area contributed by atoms with Gasteiger partial charge in [0.2, 0.25) is 11.8 Å². The predicted molar refractivity (Wildman–Crippen MR) is 119 cm³/mol. The largest absolute Gasteiger partial charge is 0.348 e. The first-order chi connectivity index (χ1) is 14.6. The number of hydrogen-bond donors (Lipinski definition) is 1. The van der Waals surface area contributed by atoms with Crippen molar-refractivity contribution in [1.82, 2.24) is 10.2 Å². The van der Waals surface area contributed by atoms with E-state index in [1.54, 1.807) is 6.08 Å². The normalized spacial score (nSPS) is 24.4. The molecule has 2 aliphatic rings. The molecule has 0 bridgehead atoms. The van der Waals surface area contributed by atoms with Crippen molar-refractivity contribution in [2.75, 3.05) is 0 Å². The highest BCUT2D eigenvalue weighted by atomic mass is 16.2. The minimum absolute atomic E-state index is 0.0396. The van der Waals surface area contributed by atoms with E-state index in [-0.39, 0.29) is 23.9 Å². The molecule has 1 aliphatic heterocycles. The van der Waals surface area contributed by atoms with Crippen LogP contribution in [0.25, 0.3) is 6.08 Å². The Balaban J connectivity index is 1.51. The van der Waals surface area contributed by atoms with Crippen LogP contribution >= 0.6 is 0 Å². The molecule has 1 saturated carbocycles. The Morgan fingerprint density at radius 2 is 1.67 bits per heavy atom. The minimum Gasteiger partial charge on any atom is -0.348 e. The zero-order chi connectivity index (χ0) is 20.9. The molecule has 4 unspecified atom stereocenters. The van der Waals surface area contributed by atoms with E-state index in [1.165, 1.54) is 6.42 Å². The molecule has 4 atom stereocenters. The highest BCUT2D eigenvalue weighted by Crippen LogP contribution is 2.40. The molecule has 4 heteroatoms. The van der Waals surface area contributed by atoms with Crippen molar-refractivity contribution in [3.05, 3.63) is 77.9 Å². The molecule has 2 amide bonds. The van der Waals surface area contributed by atoms with Crippen LogP contribution in [0, 0.1) is 5.92 Å². The monoisotopic (exact) mass is 402 g/mol. The molecule has 0 aromatic heterocycles. The van der Waals surface area contributed by atoms with Gasteiger partial charge in [-0.1, -0.05) is 73.5 Å². The van der Waals surface area contributed by atoms with Crippen molar-refractivity contribution >= 4 is 17.9 Å². The smallest absolute Gasteiger partial charge is 0.247 e. The molecule has 0 radical (unpaired) electrons. The Kier molecular flexibility index (Phi) is 6.32. The highest BCUT2D eigenvalue weighted by molar-refractivity contribution is 5.96. The lowest BCUT2D eigenvalue weighted by Crippen LogP contribution is -2.49. The average molecular weight is 403 g/mol. The molecule has 1 heterocycles. The third kappa shape index (κ3) is 4.48. The number of nitrogens with one attached hydrogen (secondary N) is 1. The third-order valence-corrected chi connectivity index (χ3v) is 6.52. The molecule has 4 rings (SSSR count). The zero-order valence-corrected chi connectivity index (χ0v) is 17.5. The van der Waals surface area contributed by atoms with E-state index in [1.807, 2.05) is 78.6 Å². The predicted octanol–water partition coefficient (Wildman–Crippen LogP) is 4.74. The fourth-order valence-corrected chi connectivity index (χ4v) is 4.96. The van der Waals surface area contributed by atoms with E-state index in [4.69, 9.17) is 0 Å². The van der Waals surface area contributed by atoms with E-state index in [0.717, 1.165) is 36.8 Å². The number of carbonyl (C=O) groups is 2. The van der Waals surface area contributed by atoms with Gasteiger partial charge in [0, 0.05) is 12.1 Å². The number of likely N-dealkylation sites (tertiary alicyclic amines) is 1. The summed E-state index contributed by atoms with van der Waals surface area (Å²) in [4.78, 5) is 28.3. The molecule has 2 fully saturated rings. The van der Waals surface area contributed by atoms with Crippen molar-refractivity contribution in [3.63, 3.8) is 0 Å². The summed E-state index contributed by atoms with van der Waals surface area (Å²) in [5.41, 5.74) is 2.06. The first kappa shape index (κ1) is 20.4. The number of amides is 2. The molecule has 2 aromatic rings. The lowest BCUT2D eigenvalue weighted by molar-refractivity contribution is -0.137. The van der Waals surface area contributed by atoms with E-state index in [2.05, 4.69) is 5.32 Å². The van der Waals surface area contributed by atoms with Crippen LogP contribution in [0.15, 0.2) is 66.7 Å². The van der Waals surface area contributed by atoms with Gasteiger partial charge < -0.3 is 10.2 Å². The van der Waals surface area contributed by atoms with Gasteiger partial charge in [-0.25, -0.2) is 0 Å². The van der Waals surface area contributed by atoms with Crippen LogP contribution < -0.4 is 5.32 Å². The van der Waals surface area contributed by atoms with Gasteiger partial charge in [0.15, 0.2) is 0 Å². The van der Waals surface area contributed by atoms with Gasteiger partial charge in [-0.3, -0.25) is 9.59 Å². The van der Waals surface area contributed by atoms with E-state index in [9.17, 15) is 9.59 Å². The summed E-state index contributed by atoms with van der Waals surface area (Å²) in [5.74, 6) is 0.332. The Hall–Kier alpha value is -2.88. The SMILES string of the molecule is CC(NC(=O)C1CC2CCCCC2N1C(=O)C=Cc1ccccc1)c1ccccc1. The zero-order valence-electron chi connectivity index (χ0n) is 17.5. The molecule has 4 nitrogen and oxygen atoms in total. The van der Waals surface area contributed by atoms with Crippen LogP contribution in [0.4, 0.5) is 0 Å². The van der Waals surface area contributed by atoms with E-state index < -0.39 is 6.04 Å². The van der Waals surface area contributed by atoms with Crippen LogP contribution in [-0.2, 0) is 9.59 Å². The Morgan fingerprint density at radius 3 is 2.40 bits per heavy atom. The summed E-state index contributed by atoms with van der Waals surface area (Å²) in [5, 5.41) is 3.15. The van der Waals surface area contributed by atoms with Gasteiger partial charge in [0.05, 0.1) is 6.04 Å². The molecule has 156 valence electrons. The second-order valence-electron chi connectivity index (χ2n) is 8.49. The quantitative estimate of drug-likeness (QED) is 0.735. The first-order valence-electron chi connectivity index (χ1n) is 11.0. The van der Waals surface area contributed by atoms with Gasteiger partial charge in [-0.2, -0.15) is 0 Å². The number of hydrogen-bond acceptors (Lipinski definition) is 2. The molecule has 1 saturated heterocycles. The fourth-order valence-electron chi connectivity index (χ4n) is 4.96. The van der Waals surface area contributed by atoms with Gasteiger partial charge in [0.25, 0.3) is 0 Å². The molecular weight excluding hydrogens is 372 g/mol. The summed E-state index contributed by atoms with van der Waals surface area (Å²) >= 11 is 0. The minimum atomic E-state index is -0.391. The van der Waals surface area contributed by atoms with Gasteiger partial charge in [-0.15, -0.1) is 0 Å². The Bertz CT molecular complexity index is 894. The maximum atomic E-state index is 13.2. The van der Waals surface area contributed by atoms with Gasteiger partial charge in [0.1, 0.15) is 6.04 Å². The number of nitrogens with zero attached hydrogens (tertiary/aromatic N) is 1. The summed E-state index contributed by atoms with van der Waals surface area (Å²) in [6.07, 6.45) is 8.67. The van der Waals surface area contributed by atoms with Crippen molar-refractivity contribution in [1.29, 1.82) is 0 Å². The second kappa shape index (κ2) is 9.29. The van der Waals surface area contributed by atoms with Gasteiger partial charge >= 0.3 is 0 Å². The lowest BCUT2D eigenvalue weighted by Gasteiger charge is -2.33. The summed E-state index contributed by atoms with van der Waals surface area (Å²) in [6, 6.07) is 19.5. The van der Waals surface area contributed by atoms with Crippen LogP contribution in [0.5, 0.6) is 0 Å². The molecule has 1 N–H and O–H groups in total. The van der Waals surface area contributed by atoms with Crippen LogP contribution in [-0.4, -0.2) is 28.8 Å². The van der Waals surface area contributed by atoms with Crippen molar-refractivity contribution < 1.29 is 9.59 Å². The van der Waals surface area contributed by atoms with E-state index in [0.29, 0.717) is 5.92 Å². The third-order valence-electron chi connectivity index (χ3n) is 6.52. The number of benzene rings is 2. The maximum Gasteiger partial charge on any atom is 0.247 e. The fraction of sp³-hybridized carbons (Fsp3) is 0.385. The average Bonchev–Trinajstić information content (AvgIpc) is 3.18. The van der Waals surface area contributed by atoms with Crippen molar-refractivity contribution in [2.24, 2.45) is 5.92 Å². The van der Waals surface area contributed by atoms with Crippen LogP contribution in [0.2, 0.25) is 0 Å². The number of fused-ring (bicyclic) bond motifs is 1. The molecular formula is C26H30N2O2. The summed E-state index contributed by atoms with van der Waals surface area (Å²) in [6.45, 7) is 2.00. The van der Waals surface area contributed by atoms with Crippen LogP contribution in [0.3, 0.4) is 0 Å². The molecule has 30 heavy (non-hydrogen) atoms. The molecule has 2 aromatic carbocycles. The summed E-state index contributed by atoms with van der Waals surface area (Å²) < 4.78 is 0. The topological polar surface area (TPSA) is 49.4 Å².